The molecule has 0 aliphatic carbocycles. The van der Waals surface area contributed by atoms with Gasteiger partial charge in [-0.15, -0.1) is 0 Å². The van der Waals surface area contributed by atoms with Gasteiger partial charge in [0.1, 0.15) is 17.2 Å². The molecule has 7 rings (SSSR count). The van der Waals surface area contributed by atoms with Gasteiger partial charge in [0.25, 0.3) is 10.0 Å². The molecule has 2 N–H and O–H groups in total. The van der Waals surface area contributed by atoms with Crippen LogP contribution in [0.2, 0.25) is 0 Å². The molecule has 0 radical (unpaired) electrons. The second-order valence-corrected chi connectivity index (χ2v) is 15.2. The molecule has 0 saturated carbocycles. The fourth-order valence-electron chi connectivity index (χ4n) is 6.05. The third kappa shape index (κ3) is 7.35. The van der Waals surface area contributed by atoms with Gasteiger partial charge in [-0.25, -0.2) is 32.6 Å². The van der Waals surface area contributed by atoms with E-state index < -0.39 is 21.4 Å². The number of nitrogens with zero attached hydrogens (tertiary/aromatic N) is 4. The van der Waals surface area contributed by atoms with Crippen LogP contribution in [0, 0.1) is 12.7 Å². The summed E-state index contributed by atoms with van der Waals surface area (Å²) in [6.07, 6.45) is 4.47. The smallest absolute Gasteiger partial charge is 0.410 e. The highest BCUT2D eigenvalue weighted by Crippen LogP contribution is 2.41. The first kappa shape index (κ1) is 34.7. The van der Waals surface area contributed by atoms with Gasteiger partial charge >= 0.3 is 6.09 Å². The second-order valence-electron chi connectivity index (χ2n) is 13.5. The van der Waals surface area contributed by atoms with E-state index in [0.717, 1.165) is 12.8 Å². The zero-order valence-corrected chi connectivity index (χ0v) is 29.8. The Morgan fingerprint density at radius 1 is 1.00 bits per heavy atom. The highest BCUT2D eigenvalue weighted by Gasteiger charge is 2.28. The van der Waals surface area contributed by atoms with Crippen LogP contribution in [0.25, 0.3) is 22.0 Å². The number of sulfonamides is 1. The van der Waals surface area contributed by atoms with E-state index in [1.807, 2.05) is 33.8 Å². The van der Waals surface area contributed by atoms with E-state index in [2.05, 4.69) is 20.0 Å². The van der Waals surface area contributed by atoms with Crippen molar-refractivity contribution in [3.63, 3.8) is 0 Å². The van der Waals surface area contributed by atoms with Crippen LogP contribution in [0.1, 0.15) is 39.2 Å². The maximum Gasteiger partial charge on any atom is 0.410 e. The largest absolute Gasteiger partial charge is 0.454 e. The molecule has 1 atom stereocenters. The van der Waals surface area contributed by atoms with Gasteiger partial charge in [-0.05, 0) is 88.6 Å². The molecule has 13 nitrogen and oxygen atoms in total. The summed E-state index contributed by atoms with van der Waals surface area (Å²) in [5, 5.41) is 4.10. The van der Waals surface area contributed by atoms with Crippen LogP contribution in [-0.4, -0.2) is 65.9 Å². The molecule has 52 heavy (non-hydrogen) atoms. The summed E-state index contributed by atoms with van der Waals surface area (Å²) in [7, 11) is -4.23. The van der Waals surface area contributed by atoms with Crippen molar-refractivity contribution in [2.75, 3.05) is 29.9 Å². The number of carbonyl (C=O) groups is 1. The zero-order valence-electron chi connectivity index (χ0n) is 29.0. The molecule has 4 heterocycles. The van der Waals surface area contributed by atoms with Crippen molar-refractivity contribution in [2.24, 2.45) is 0 Å². The van der Waals surface area contributed by atoms with Gasteiger partial charge < -0.3 is 29.2 Å². The third-order valence-electron chi connectivity index (χ3n) is 8.50. The molecule has 2 aromatic heterocycles. The van der Waals surface area contributed by atoms with Gasteiger partial charge in [0, 0.05) is 48.4 Å². The molecule has 2 aliphatic rings. The lowest BCUT2D eigenvalue weighted by atomic mass is 10.0. The van der Waals surface area contributed by atoms with Crippen LogP contribution >= 0.6 is 0 Å². The van der Waals surface area contributed by atoms with E-state index in [4.69, 9.17) is 23.9 Å². The number of aryl methyl sites for hydroxylation is 1. The van der Waals surface area contributed by atoms with Crippen molar-refractivity contribution in [3.05, 3.63) is 84.4 Å². The Bertz CT molecular complexity index is 2280. The van der Waals surface area contributed by atoms with Crippen LogP contribution in [0.4, 0.5) is 20.8 Å². The van der Waals surface area contributed by atoms with E-state index >= 15 is 4.39 Å². The van der Waals surface area contributed by atoms with Crippen molar-refractivity contribution in [2.45, 2.75) is 57.1 Å². The summed E-state index contributed by atoms with van der Waals surface area (Å²) >= 11 is 0. The quantitative estimate of drug-likeness (QED) is 0.166. The minimum Gasteiger partial charge on any atom is -0.454 e. The minimum absolute atomic E-state index is 0.0176. The number of likely N-dealkylation sites (tertiary alicyclic amines) is 1. The number of anilines is 2. The molecular weight excluding hydrogens is 692 g/mol. The van der Waals surface area contributed by atoms with Crippen molar-refractivity contribution < 1.29 is 36.6 Å². The fraction of sp³-hybridized carbons (Fsp3) is 0.297. The van der Waals surface area contributed by atoms with E-state index in [1.165, 1.54) is 30.3 Å². The van der Waals surface area contributed by atoms with Crippen LogP contribution in [0.5, 0.6) is 23.1 Å². The summed E-state index contributed by atoms with van der Waals surface area (Å²) in [4.78, 5) is 27.9. The van der Waals surface area contributed by atoms with E-state index in [9.17, 15) is 13.2 Å². The molecule has 1 fully saturated rings. The molecular formula is C37H37FN6O7S. The average molecular weight is 729 g/mol. The number of benzene rings is 3. The lowest BCUT2D eigenvalue weighted by Gasteiger charge is -2.34. The summed E-state index contributed by atoms with van der Waals surface area (Å²) < 4.78 is 67.3. The Kier molecular flexibility index (Phi) is 9.21. The number of pyridine rings is 1. The van der Waals surface area contributed by atoms with Crippen LogP contribution in [0.3, 0.4) is 0 Å². The van der Waals surface area contributed by atoms with Gasteiger partial charge in [0.05, 0.1) is 21.8 Å². The lowest BCUT2D eigenvalue weighted by molar-refractivity contribution is 0.0206. The number of halogens is 1. The Hall–Kier alpha value is -5.70. The Morgan fingerprint density at radius 2 is 1.81 bits per heavy atom. The molecule has 0 unspecified atom stereocenters. The molecule has 270 valence electrons. The number of hydrogen-bond acceptors (Lipinski definition) is 11. The minimum atomic E-state index is -4.23. The molecule has 15 heteroatoms. The van der Waals surface area contributed by atoms with Crippen LogP contribution < -0.4 is 24.2 Å². The number of aromatic nitrogens is 3. The Balaban J connectivity index is 1.15. The van der Waals surface area contributed by atoms with Gasteiger partial charge in [-0.2, -0.15) is 0 Å². The van der Waals surface area contributed by atoms with Crippen LogP contribution in [0.15, 0.2) is 78.0 Å². The topological polar surface area (TPSA) is 154 Å². The number of amides is 1. The van der Waals surface area contributed by atoms with Crippen molar-refractivity contribution in [3.8, 4) is 34.4 Å². The summed E-state index contributed by atoms with van der Waals surface area (Å²) in [6, 6.07) is 15.5. The molecule has 0 spiro atoms. The fourth-order valence-corrected chi connectivity index (χ4v) is 7.15. The van der Waals surface area contributed by atoms with Gasteiger partial charge in [0.15, 0.2) is 11.5 Å². The predicted octanol–water partition coefficient (Wildman–Crippen LogP) is 7.27. The molecule has 0 bridgehead atoms. The second kappa shape index (κ2) is 13.8. The first-order chi connectivity index (χ1) is 24.8. The zero-order chi connectivity index (χ0) is 36.6. The van der Waals surface area contributed by atoms with Gasteiger partial charge in [-0.1, -0.05) is 12.1 Å². The monoisotopic (exact) mass is 728 g/mol. The number of rotatable bonds is 8. The van der Waals surface area contributed by atoms with Crippen molar-refractivity contribution >= 4 is 38.5 Å². The highest BCUT2D eigenvalue weighted by molar-refractivity contribution is 7.92. The average Bonchev–Trinajstić information content (AvgIpc) is 3.59. The van der Waals surface area contributed by atoms with Gasteiger partial charge in [0.2, 0.25) is 18.6 Å². The normalized spacial score (nSPS) is 15.7. The molecule has 5 aromatic rings. The van der Waals surface area contributed by atoms with E-state index in [0.29, 0.717) is 52.7 Å². The predicted molar refractivity (Wildman–Crippen MR) is 192 cm³/mol. The molecule has 1 saturated heterocycles. The summed E-state index contributed by atoms with van der Waals surface area (Å²) in [6.45, 7) is 8.38. The highest BCUT2D eigenvalue weighted by atomic mass is 32.2. The first-order valence-corrected chi connectivity index (χ1v) is 18.2. The number of ether oxygens (including phenoxy) is 4. The third-order valence-corrected chi connectivity index (χ3v) is 9.84. The molecule has 3 aromatic carbocycles. The number of carbonyl (C=O) groups excluding carboxylic acids is 1. The standard InChI is InChI=1S/C37H37FN6O7S/c1-22-9-11-25-26(12-13-28(38)32(25)43-52(46,47)24-10-14-30-31(19-24)49-21-48-30)33(22)50-34-27(8-5-16-39-34)29-15-17-40-35(42-29)41-23-7-6-18-44(20-23)36(45)51-37(2,3)4/h5,8-17,19,23,43H,6-7,18,20-21H2,1-4H3,(H,40,41,42)/t23-/m0/s1. The van der Waals surface area contributed by atoms with E-state index in [-0.39, 0.29) is 46.5 Å². The van der Waals surface area contributed by atoms with E-state index in [1.54, 1.807) is 41.6 Å². The molecule has 1 amide bonds. The number of piperidine rings is 1. The Morgan fingerprint density at radius 3 is 2.63 bits per heavy atom. The SMILES string of the molecule is Cc1ccc2c(NS(=O)(=O)c3ccc4c(c3)OCO4)c(F)ccc2c1Oc1ncccc1-c1ccnc(N[C@H]2CCCN(C(=O)OC(C)(C)C)C2)n1. The van der Waals surface area contributed by atoms with Crippen LogP contribution in [-0.2, 0) is 14.8 Å². The first-order valence-electron chi connectivity index (χ1n) is 16.7. The number of nitrogens with one attached hydrogen (secondary N) is 2. The molecule has 2 aliphatic heterocycles. The number of fused-ring (bicyclic) bond motifs is 2. The summed E-state index contributed by atoms with van der Waals surface area (Å²) in [5.41, 5.74) is 0.974. The Labute approximate surface area is 300 Å². The maximum absolute atomic E-state index is 15.4. The maximum atomic E-state index is 15.4. The summed E-state index contributed by atoms with van der Waals surface area (Å²) in [5.74, 6) is 0.898. The van der Waals surface area contributed by atoms with Gasteiger partial charge in [-0.3, -0.25) is 4.72 Å². The van der Waals surface area contributed by atoms with Crippen molar-refractivity contribution in [1.82, 2.24) is 19.9 Å². The number of hydrogen-bond donors (Lipinski definition) is 2. The lowest BCUT2D eigenvalue weighted by Crippen LogP contribution is -2.47. The van der Waals surface area contributed by atoms with Crippen molar-refractivity contribution in [1.29, 1.82) is 0 Å².